The first-order valence-corrected chi connectivity index (χ1v) is 17.0. The molecule has 4 aromatic rings. The predicted molar refractivity (Wildman–Crippen MR) is 182 cm³/mol. The standard InChI is InChI=1S/C35H34ClF6N7O4/c1-52-26-7-2-22(3-8-26)20-49-32(51)29(35(40,41)42)17-30(45-49)48-21-28(53-27-9-4-24(36)5-10-27)16-25(48)6-11-31(50)46-12-14-47(15-13-46)33-43-18-23(19-44-33)34(37,38)39/h2-5,7-10,17-19,25,28H,6,11-16,20-21H2,1H3/t25-,28-/m1/s1. The van der Waals surface area contributed by atoms with Crippen molar-refractivity contribution >= 4 is 29.3 Å². The van der Waals surface area contributed by atoms with Crippen molar-refractivity contribution in [1.82, 2.24) is 24.6 Å². The zero-order valence-electron chi connectivity index (χ0n) is 28.3. The lowest BCUT2D eigenvalue weighted by molar-refractivity contribution is -0.139. The highest BCUT2D eigenvalue weighted by Crippen LogP contribution is 2.34. The van der Waals surface area contributed by atoms with Gasteiger partial charge < -0.3 is 24.2 Å². The average Bonchev–Trinajstić information content (AvgIpc) is 3.54. The molecular weight excluding hydrogens is 732 g/mol. The highest BCUT2D eigenvalue weighted by Gasteiger charge is 2.40. The molecule has 0 unspecified atom stereocenters. The van der Waals surface area contributed by atoms with Gasteiger partial charge in [0.05, 0.1) is 25.8 Å². The Hall–Kier alpha value is -5.06. The molecule has 1 amide bonds. The van der Waals surface area contributed by atoms with Gasteiger partial charge >= 0.3 is 12.4 Å². The van der Waals surface area contributed by atoms with Crippen molar-refractivity contribution in [2.45, 2.75) is 50.3 Å². The molecule has 2 aliphatic heterocycles. The summed E-state index contributed by atoms with van der Waals surface area (Å²) < 4.78 is 93.7. The van der Waals surface area contributed by atoms with Gasteiger partial charge in [0.15, 0.2) is 0 Å². The van der Waals surface area contributed by atoms with Crippen LogP contribution in [0.15, 0.2) is 71.8 Å². The number of hydrogen-bond donors (Lipinski definition) is 0. The number of methoxy groups -OCH3 is 1. The minimum absolute atomic E-state index is 0.0449. The fourth-order valence-electron chi connectivity index (χ4n) is 6.34. The summed E-state index contributed by atoms with van der Waals surface area (Å²) in [6.45, 7) is 1.02. The molecule has 2 aliphatic rings. The van der Waals surface area contributed by atoms with Gasteiger partial charge in [-0.05, 0) is 48.4 Å². The van der Waals surface area contributed by atoms with Gasteiger partial charge in [0.1, 0.15) is 29.0 Å². The number of amides is 1. The van der Waals surface area contributed by atoms with Crippen LogP contribution in [0.1, 0.15) is 36.0 Å². The quantitative estimate of drug-likeness (QED) is 0.182. The van der Waals surface area contributed by atoms with Gasteiger partial charge in [-0.1, -0.05) is 23.7 Å². The van der Waals surface area contributed by atoms with Crippen LogP contribution in [0.5, 0.6) is 11.5 Å². The largest absolute Gasteiger partial charge is 0.497 e. The molecular formula is C35H34ClF6N7O4. The van der Waals surface area contributed by atoms with Gasteiger partial charge in [-0.25, -0.2) is 14.6 Å². The van der Waals surface area contributed by atoms with Crippen molar-refractivity contribution in [3.05, 3.63) is 99.1 Å². The van der Waals surface area contributed by atoms with Crippen molar-refractivity contribution in [3.63, 3.8) is 0 Å². The normalized spacial score (nSPS) is 18.0. The highest BCUT2D eigenvalue weighted by atomic mass is 35.5. The number of hydrogen-bond acceptors (Lipinski definition) is 9. The number of nitrogens with zero attached hydrogens (tertiary/aromatic N) is 7. The zero-order valence-corrected chi connectivity index (χ0v) is 29.0. The Bertz CT molecular complexity index is 1940. The highest BCUT2D eigenvalue weighted by molar-refractivity contribution is 6.30. The molecule has 0 bridgehead atoms. The monoisotopic (exact) mass is 765 g/mol. The molecule has 2 saturated heterocycles. The van der Waals surface area contributed by atoms with Gasteiger partial charge in [-0.2, -0.15) is 31.4 Å². The maximum atomic E-state index is 14.3. The molecule has 4 heterocycles. The summed E-state index contributed by atoms with van der Waals surface area (Å²) >= 11 is 6.02. The number of halogens is 7. The fraction of sp³-hybridized carbons (Fsp3) is 0.400. The number of carbonyl (C=O) groups is 1. The summed E-state index contributed by atoms with van der Waals surface area (Å²) in [7, 11) is 1.48. The van der Waals surface area contributed by atoms with E-state index in [0.717, 1.165) is 23.1 Å². The number of anilines is 2. The van der Waals surface area contributed by atoms with Gasteiger partial charge in [0, 0.05) is 68.5 Å². The topological polar surface area (TPSA) is 106 Å². The van der Waals surface area contributed by atoms with E-state index in [1.165, 1.54) is 7.11 Å². The van der Waals surface area contributed by atoms with Gasteiger partial charge in [-0.15, -0.1) is 0 Å². The summed E-state index contributed by atoms with van der Waals surface area (Å²) in [5.41, 5.74) is -3.10. The Morgan fingerprint density at radius 3 is 2.15 bits per heavy atom. The maximum absolute atomic E-state index is 14.3. The van der Waals surface area contributed by atoms with Crippen LogP contribution in [0.2, 0.25) is 5.02 Å². The molecule has 2 fully saturated rings. The van der Waals surface area contributed by atoms with Crippen molar-refractivity contribution in [2.75, 3.05) is 49.6 Å². The predicted octanol–water partition coefficient (Wildman–Crippen LogP) is 5.94. The van der Waals surface area contributed by atoms with E-state index >= 15 is 0 Å². The number of carbonyl (C=O) groups excluding carboxylic acids is 1. The number of aromatic nitrogens is 4. The molecule has 18 heteroatoms. The average molecular weight is 766 g/mol. The van der Waals surface area contributed by atoms with Crippen molar-refractivity contribution in [1.29, 1.82) is 0 Å². The Labute approximate surface area is 304 Å². The van der Waals surface area contributed by atoms with Crippen LogP contribution < -0.4 is 24.8 Å². The van der Waals surface area contributed by atoms with Crippen LogP contribution in [-0.4, -0.2) is 82.5 Å². The second-order valence-corrected chi connectivity index (χ2v) is 13.1. The van der Waals surface area contributed by atoms with Crippen LogP contribution in [0.25, 0.3) is 0 Å². The summed E-state index contributed by atoms with van der Waals surface area (Å²) in [5.74, 6) is 0.871. The van der Waals surface area contributed by atoms with Gasteiger partial charge in [0.25, 0.3) is 5.56 Å². The Morgan fingerprint density at radius 2 is 1.55 bits per heavy atom. The molecule has 2 aromatic carbocycles. The summed E-state index contributed by atoms with van der Waals surface area (Å²) in [6, 6.07) is 13.4. The Kier molecular flexibility index (Phi) is 11.0. The molecule has 11 nitrogen and oxygen atoms in total. The minimum atomic E-state index is -4.96. The van der Waals surface area contributed by atoms with E-state index in [1.54, 1.807) is 63.2 Å². The lowest BCUT2D eigenvalue weighted by atomic mass is 10.1. The molecule has 53 heavy (non-hydrogen) atoms. The molecule has 6 rings (SSSR count). The van der Waals surface area contributed by atoms with Gasteiger partial charge in [0.2, 0.25) is 11.9 Å². The number of ether oxygens (including phenoxy) is 2. The molecule has 0 N–H and O–H groups in total. The minimum Gasteiger partial charge on any atom is -0.497 e. The first-order valence-electron chi connectivity index (χ1n) is 16.6. The molecule has 0 radical (unpaired) electrons. The van der Waals surface area contributed by atoms with Crippen molar-refractivity contribution in [3.8, 4) is 11.5 Å². The number of alkyl halides is 6. The SMILES string of the molecule is COc1ccc(Cn2nc(N3C[C@H](Oc4ccc(Cl)cc4)C[C@H]3CCC(=O)N3CCN(c4ncc(C(F)(F)F)cn4)CC3)cc(C(F)(F)F)c2=O)cc1. The van der Waals surface area contributed by atoms with E-state index < -0.39 is 41.2 Å². The Morgan fingerprint density at radius 1 is 0.906 bits per heavy atom. The third kappa shape index (κ3) is 9.12. The van der Waals surface area contributed by atoms with E-state index in [0.29, 0.717) is 41.6 Å². The zero-order chi connectivity index (χ0) is 37.9. The van der Waals surface area contributed by atoms with Crippen molar-refractivity contribution in [2.24, 2.45) is 0 Å². The van der Waals surface area contributed by atoms with Crippen LogP contribution >= 0.6 is 11.6 Å². The fourth-order valence-corrected chi connectivity index (χ4v) is 6.46. The van der Waals surface area contributed by atoms with Gasteiger partial charge in [-0.3, -0.25) is 9.59 Å². The van der Waals surface area contributed by atoms with E-state index in [9.17, 15) is 35.9 Å². The summed E-state index contributed by atoms with van der Waals surface area (Å²) in [6.07, 6.45) is -7.96. The molecule has 0 spiro atoms. The molecule has 2 aromatic heterocycles. The van der Waals surface area contributed by atoms with Crippen LogP contribution in [0.3, 0.4) is 0 Å². The first kappa shape index (κ1) is 37.7. The maximum Gasteiger partial charge on any atom is 0.421 e. The lowest BCUT2D eigenvalue weighted by Gasteiger charge is -2.35. The third-order valence-corrected chi connectivity index (χ3v) is 9.37. The number of rotatable bonds is 10. The molecule has 282 valence electrons. The lowest BCUT2D eigenvalue weighted by Crippen LogP contribution is -2.49. The second-order valence-electron chi connectivity index (χ2n) is 12.6. The smallest absolute Gasteiger partial charge is 0.421 e. The third-order valence-electron chi connectivity index (χ3n) is 9.12. The molecule has 2 atom stereocenters. The van der Waals surface area contributed by atoms with E-state index in [2.05, 4.69) is 15.1 Å². The molecule has 0 saturated carbocycles. The molecule has 0 aliphatic carbocycles. The summed E-state index contributed by atoms with van der Waals surface area (Å²) in [5, 5.41) is 4.89. The van der Waals surface area contributed by atoms with E-state index in [-0.39, 0.29) is 56.7 Å². The van der Waals surface area contributed by atoms with E-state index in [4.69, 9.17) is 21.1 Å². The number of benzene rings is 2. The Balaban J connectivity index is 1.19. The first-order chi connectivity index (χ1) is 25.2. The van der Waals surface area contributed by atoms with Crippen molar-refractivity contribution < 1.29 is 40.6 Å². The van der Waals surface area contributed by atoms with E-state index in [1.807, 2.05) is 0 Å². The van der Waals surface area contributed by atoms with Crippen LogP contribution in [0, 0.1) is 0 Å². The van der Waals surface area contributed by atoms with Crippen LogP contribution in [0.4, 0.5) is 38.1 Å². The van der Waals surface area contributed by atoms with Crippen LogP contribution in [-0.2, 0) is 23.7 Å². The summed E-state index contributed by atoms with van der Waals surface area (Å²) in [4.78, 5) is 39.1. The number of piperazine rings is 1. The second kappa shape index (κ2) is 15.5.